The van der Waals surface area contributed by atoms with Gasteiger partial charge in [-0.1, -0.05) is 11.6 Å². The van der Waals surface area contributed by atoms with E-state index in [0.717, 1.165) is 16.5 Å². The fourth-order valence-corrected chi connectivity index (χ4v) is 1.40. The van der Waals surface area contributed by atoms with Crippen LogP contribution in [0, 0.1) is 6.92 Å². The van der Waals surface area contributed by atoms with E-state index in [1.54, 1.807) is 12.3 Å². The molecule has 2 nitrogen and oxygen atoms in total. The van der Waals surface area contributed by atoms with Crippen LogP contribution in [0.2, 0.25) is 5.02 Å². The van der Waals surface area contributed by atoms with E-state index in [0.29, 0.717) is 5.02 Å². The highest BCUT2D eigenvalue weighted by Gasteiger charge is 2.04. The maximum Gasteiger partial charge on any atom is 0.140 e. The molecule has 2 rings (SSSR count). The van der Waals surface area contributed by atoms with Crippen LogP contribution >= 0.6 is 11.6 Å². The monoisotopic (exact) mass is 181 g/mol. The molecule has 0 aliphatic rings. The number of rotatable bonds is 0. The molecule has 3 heteroatoms. The molecule has 1 aromatic carbocycles. The molecular weight excluding hydrogens is 174 g/mol. The van der Waals surface area contributed by atoms with E-state index in [1.165, 1.54) is 0 Å². The molecule has 1 heterocycles. The SMILES string of the molecule is Cc1cc2[nH]cc(O)c2cc1Cl. The van der Waals surface area contributed by atoms with Gasteiger partial charge in [0.2, 0.25) is 0 Å². The summed E-state index contributed by atoms with van der Waals surface area (Å²) < 4.78 is 0. The number of fused-ring (bicyclic) bond motifs is 1. The number of aromatic hydroxyl groups is 1. The fourth-order valence-electron chi connectivity index (χ4n) is 1.24. The lowest BCUT2D eigenvalue weighted by Gasteiger charge is -1.97. The molecule has 0 spiro atoms. The molecule has 0 unspecified atom stereocenters. The summed E-state index contributed by atoms with van der Waals surface area (Å²) in [5.41, 5.74) is 1.92. The molecule has 0 saturated carbocycles. The third-order valence-electron chi connectivity index (χ3n) is 1.94. The number of hydrogen-bond donors (Lipinski definition) is 2. The van der Waals surface area contributed by atoms with E-state index >= 15 is 0 Å². The highest BCUT2D eigenvalue weighted by molar-refractivity contribution is 6.32. The van der Waals surface area contributed by atoms with Gasteiger partial charge in [0.15, 0.2) is 0 Å². The lowest BCUT2D eigenvalue weighted by Crippen LogP contribution is -1.75. The van der Waals surface area contributed by atoms with Crippen molar-refractivity contribution in [3.8, 4) is 5.75 Å². The molecular formula is C9H8ClNO. The second-order valence-electron chi connectivity index (χ2n) is 2.82. The van der Waals surface area contributed by atoms with Crippen LogP contribution in [0.1, 0.15) is 5.56 Å². The highest BCUT2D eigenvalue weighted by Crippen LogP contribution is 2.28. The second-order valence-corrected chi connectivity index (χ2v) is 3.23. The first-order chi connectivity index (χ1) is 5.68. The van der Waals surface area contributed by atoms with Gasteiger partial charge >= 0.3 is 0 Å². The smallest absolute Gasteiger partial charge is 0.140 e. The number of aromatic amines is 1. The summed E-state index contributed by atoms with van der Waals surface area (Å²) in [4.78, 5) is 2.95. The van der Waals surface area contributed by atoms with Crippen LogP contribution in [-0.2, 0) is 0 Å². The van der Waals surface area contributed by atoms with Crippen LogP contribution in [0.4, 0.5) is 0 Å². The predicted molar refractivity (Wildman–Crippen MR) is 49.7 cm³/mol. The van der Waals surface area contributed by atoms with Gasteiger partial charge in [-0.3, -0.25) is 0 Å². The van der Waals surface area contributed by atoms with Crippen molar-refractivity contribution in [3.63, 3.8) is 0 Å². The van der Waals surface area contributed by atoms with E-state index in [-0.39, 0.29) is 5.75 Å². The number of nitrogens with one attached hydrogen (secondary N) is 1. The standard InChI is InChI=1S/C9H8ClNO/c1-5-2-8-6(3-7(5)10)9(12)4-11-8/h2-4,11-12H,1H3. The van der Waals surface area contributed by atoms with E-state index < -0.39 is 0 Å². The Morgan fingerprint density at radius 2 is 2.17 bits per heavy atom. The molecule has 0 bridgehead atoms. The summed E-state index contributed by atoms with van der Waals surface area (Å²) in [6.45, 7) is 1.93. The Balaban J connectivity index is 2.87. The van der Waals surface area contributed by atoms with E-state index in [4.69, 9.17) is 11.6 Å². The van der Waals surface area contributed by atoms with Gasteiger partial charge in [-0.2, -0.15) is 0 Å². The van der Waals surface area contributed by atoms with Gasteiger partial charge in [-0.15, -0.1) is 0 Å². The predicted octanol–water partition coefficient (Wildman–Crippen LogP) is 2.84. The van der Waals surface area contributed by atoms with E-state index in [2.05, 4.69) is 4.98 Å². The molecule has 0 amide bonds. The van der Waals surface area contributed by atoms with Gasteiger partial charge in [-0.25, -0.2) is 0 Å². The molecule has 0 radical (unpaired) electrons. The quantitative estimate of drug-likeness (QED) is 0.644. The summed E-state index contributed by atoms with van der Waals surface area (Å²) in [6, 6.07) is 3.68. The van der Waals surface area contributed by atoms with Gasteiger partial charge in [0, 0.05) is 22.1 Å². The second kappa shape index (κ2) is 2.42. The van der Waals surface area contributed by atoms with Crippen LogP contribution in [0.25, 0.3) is 10.9 Å². The van der Waals surface area contributed by atoms with Gasteiger partial charge in [-0.05, 0) is 24.6 Å². The lowest BCUT2D eigenvalue weighted by atomic mass is 10.2. The van der Waals surface area contributed by atoms with E-state index in [1.807, 2.05) is 13.0 Å². The zero-order valence-electron chi connectivity index (χ0n) is 6.56. The van der Waals surface area contributed by atoms with Crippen molar-refractivity contribution < 1.29 is 5.11 Å². The van der Waals surface area contributed by atoms with Gasteiger partial charge in [0.1, 0.15) is 5.75 Å². The molecule has 0 saturated heterocycles. The Morgan fingerprint density at radius 3 is 2.92 bits per heavy atom. The molecule has 2 aromatic rings. The van der Waals surface area contributed by atoms with Crippen molar-refractivity contribution in [3.05, 3.63) is 28.9 Å². The molecule has 62 valence electrons. The summed E-state index contributed by atoms with van der Waals surface area (Å²) in [7, 11) is 0. The molecule has 0 aliphatic heterocycles. The minimum Gasteiger partial charge on any atom is -0.506 e. The number of benzene rings is 1. The third kappa shape index (κ3) is 0.959. The summed E-state index contributed by atoms with van der Waals surface area (Å²) in [5.74, 6) is 0.243. The van der Waals surface area contributed by atoms with Gasteiger partial charge in [0.05, 0.1) is 0 Å². The van der Waals surface area contributed by atoms with Crippen molar-refractivity contribution in [2.24, 2.45) is 0 Å². The zero-order chi connectivity index (χ0) is 8.72. The molecule has 0 fully saturated rings. The van der Waals surface area contributed by atoms with Gasteiger partial charge < -0.3 is 10.1 Å². The first-order valence-corrected chi connectivity index (χ1v) is 4.02. The van der Waals surface area contributed by atoms with Crippen LogP contribution in [0.15, 0.2) is 18.3 Å². The Kier molecular flexibility index (Phi) is 1.51. The van der Waals surface area contributed by atoms with Gasteiger partial charge in [0.25, 0.3) is 0 Å². The number of H-pyrrole nitrogens is 1. The average molecular weight is 182 g/mol. The molecule has 0 atom stereocenters. The van der Waals surface area contributed by atoms with Crippen LogP contribution in [-0.4, -0.2) is 10.1 Å². The minimum absolute atomic E-state index is 0.243. The molecule has 0 aliphatic carbocycles. The fraction of sp³-hybridized carbons (Fsp3) is 0.111. The molecule has 12 heavy (non-hydrogen) atoms. The lowest BCUT2D eigenvalue weighted by molar-refractivity contribution is 0.481. The van der Waals surface area contributed by atoms with Crippen LogP contribution < -0.4 is 0 Å². The summed E-state index contributed by atoms with van der Waals surface area (Å²) in [5, 5.41) is 10.8. The highest BCUT2D eigenvalue weighted by atomic mass is 35.5. The Morgan fingerprint density at radius 1 is 1.42 bits per heavy atom. The van der Waals surface area contributed by atoms with Crippen molar-refractivity contribution in [1.29, 1.82) is 0 Å². The maximum absolute atomic E-state index is 9.34. The van der Waals surface area contributed by atoms with Crippen molar-refractivity contribution in [2.45, 2.75) is 6.92 Å². The Labute approximate surface area is 74.8 Å². The minimum atomic E-state index is 0.243. The third-order valence-corrected chi connectivity index (χ3v) is 2.35. The number of aromatic nitrogens is 1. The topological polar surface area (TPSA) is 36.0 Å². The normalized spacial score (nSPS) is 10.8. The largest absolute Gasteiger partial charge is 0.506 e. The Bertz CT molecular complexity index is 433. The molecule has 1 aromatic heterocycles. The zero-order valence-corrected chi connectivity index (χ0v) is 7.31. The first kappa shape index (κ1) is 7.50. The summed E-state index contributed by atoms with van der Waals surface area (Å²) in [6.07, 6.45) is 1.56. The van der Waals surface area contributed by atoms with Crippen molar-refractivity contribution in [2.75, 3.05) is 0 Å². The first-order valence-electron chi connectivity index (χ1n) is 3.64. The van der Waals surface area contributed by atoms with Crippen molar-refractivity contribution >= 4 is 22.5 Å². The molecule has 2 N–H and O–H groups in total. The average Bonchev–Trinajstić information content (AvgIpc) is 2.35. The van der Waals surface area contributed by atoms with E-state index in [9.17, 15) is 5.11 Å². The number of hydrogen-bond acceptors (Lipinski definition) is 1. The van der Waals surface area contributed by atoms with Crippen LogP contribution in [0.3, 0.4) is 0 Å². The summed E-state index contributed by atoms with van der Waals surface area (Å²) >= 11 is 5.89. The number of aryl methyl sites for hydroxylation is 1. The number of halogens is 1. The maximum atomic E-state index is 9.34. The van der Waals surface area contributed by atoms with Crippen LogP contribution in [0.5, 0.6) is 5.75 Å². The Hall–Kier alpha value is -1.15. The van der Waals surface area contributed by atoms with Crippen molar-refractivity contribution in [1.82, 2.24) is 4.98 Å².